The Bertz CT molecular complexity index is 1390. The number of ether oxygens (including phenoxy) is 1. The zero-order valence-electron chi connectivity index (χ0n) is 42.5. The zero-order valence-corrected chi connectivity index (χ0v) is 42.5. The molecule has 0 aromatic carbocycles. The predicted octanol–water partition coefficient (Wildman–Crippen LogP) is 16.5. The van der Waals surface area contributed by atoms with Gasteiger partial charge in [0.15, 0.2) is 0 Å². The molecule has 374 valence electrons. The summed E-state index contributed by atoms with van der Waals surface area (Å²) in [6.07, 6.45) is 72.7. The second kappa shape index (κ2) is 52.2. The van der Waals surface area contributed by atoms with Crippen LogP contribution in [0.1, 0.15) is 220 Å². The van der Waals surface area contributed by atoms with E-state index in [1.807, 2.05) is 6.08 Å². The topological polar surface area (TPSA) is 95.9 Å². The molecule has 0 heterocycles. The first-order valence-corrected chi connectivity index (χ1v) is 26.8. The number of nitrogens with one attached hydrogen (secondary N) is 1. The molecule has 0 saturated carbocycles. The van der Waals surface area contributed by atoms with Crippen molar-refractivity contribution in [1.82, 2.24) is 5.32 Å². The smallest absolute Gasteiger partial charge is 0.306 e. The fraction of sp³-hybridized carbons (Fsp3) is 0.633. The lowest BCUT2D eigenvalue weighted by Gasteiger charge is -2.24. The third kappa shape index (κ3) is 46.8. The molecule has 0 spiro atoms. The van der Waals surface area contributed by atoms with Gasteiger partial charge in [-0.15, -0.1) is 0 Å². The number of aliphatic hydroxyl groups is 2. The van der Waals surface area contributed by atoms with Crippen LogP contribution in [0.4, 0.5) is 0 Å². The van der Waals surface area contributed by atoms with E-state index in [1.54, 1.807) is 0 Å². The van der Waals surface area contributed by atoms with E-state index in [2.05, 4.69) is 142 Å². The van der Waals surface area contributed by atoms with Gasteiger partial charge in [0.05, 0.1) is 25.2 Å². The van der Waals surface area contributed by atoms with Gasteiger partial charge in [0.1, 0.15) is 6.10 Å². The minimum atomic E-state index is -0.822. The van der Waals surface area contributed by atoms with Crippen molar-refractivity contribution in [2.75, 3.05) is 6.61 Å². The summed E-state index contributed by atoms with van der Waals surface area (Å²) < 4.78 is 5.87. The van der Waals surface area contributed by atoms with E-state index in [0.29, 0.717) is 19.3 Å². The van der Waals surface area contributed by atoms with E-state index < -0.39 is 18.2 Å². The van der Waals surface area contributed by atoms with Crippen molar-refractivity contribution in [3.8, 4) is 0 Å². The third-order valence-electron chi connectivity index (χ3n) is 11.3. The molecule has 0 aliphatic heterocycles. The lowest BCUT2D eigenvalue weighted by Crippen LogP contribution is -2.46. The predicted molar refractivity (Wildman–Crippen MR) is 286 cm³/mol. The highest BCUT2D eigenvalue weighted by Crippen LogP contribution is 2.16. The van der Waals surface area contributed by atoms with E-state index in [9.17, 15) is 19.8 Å². The number of esters is 1. The van der Waals surface area contributed by atoms with Crippen LogP contribution in [0.15, 0.2) is 122 Å². The quantitative estimate of drug-likeness (QED) is 0.0321. The average Bonchev–Trinajstić information content (AvgIpc) is 3.31. The lowest BCUT2D eigenvalue weighted by atomic mass is 10.0. The molecule has 66 heavy (non-hydrogen) atoms. The van der Waals surface area contributed by atoms with Crippen LogP contribution in [0.2, 0.25) is 0 Å². The van der Waals surface area contributed by atoms with Crippen molar-refractivity contribution in [1.29, 1.82) is 0 Å². The minimum absolute atomic E-state index is 0.00192. The van der Waals surface area contributed by atoms with Crippen LogP contribution in [0.5, 0.6) is 0 Å². The Hall–Kier alpha value is -3.74. The lowest BCUT2D eigenvalue weighted by molar-refractivity contribution is -0.150. The highest BCUT2D eigenvalue weighted by Gasteiger charge is 2.23. The molecule has 0 bridgehead atoms. The van der Waals surface area contributed by atoms with E-state index >= 15 is 0 Å². The second-order valence-electron chi connectivity index (χ2n) is 17.5. The number of carbonyl (C=O) groups excluding carboxylic acids is 2. The maximum absolute atomic E-state index is 13.2. The molecule has 0 rings (SSSR count). The number of hydrogen-bond donors (Lipinski definition) is 3. The number of aliphatic hydroxyl groups excluding tert-OH is 2. The number of unbranched alkanes of at least 4 members (excludes halogenated alkanes) is 14. The Labute approximate surface area is 406 Å². The van der Waals surface area contributed by atoms with Gasteiger partial charge in [0.25, 0.3) is 0 Å². The minimum Gasteiger partial charge on any atom is -0.462 e. The molecule has 1 amide bonds. The summed E-state index contributed by atoms with van der Waals surface area (Å²) >= 11 is 0. The van der Waals surface area contributed by atoms with Gasteiger partial charge in [-0.25, -0.2) is 0 Å². The highest BCUT2D eigenvalue weighted by molar-refractivity contribution is 5.77. The molecule has 3 unspecified atom stereocenters. The molecule has 6 nitrogen and oxygen atoms in total. The van der Waals surface area contributed by atoms with Crippen LogP contribution in [0.25, 0.3) is 0 Å². The van der Waals surface area contributed by atoms with E-state index in [4.69, 9.17) is 4.74 Å². The molecule has 0 saturated heterocycles. The van der Waals surface area contributed by atoms with E-state index in [0.717, 1.165) is 89.9 Å². The number of hydrogen-bond acceptors (Lipinski definition) is 5. The fourth-order valence-electron chi connectivity index (χ4n) is 7.27. The van der Waals surface area contributed by atoms with Crippen LogP contribution in [0, 0.1) is 0 Å². The first-order valence-electron chi connectivity index (χ1n) is 26.8. The number of allylic oxidation sites excluding steroid dienone is 20. The first kappa shape index (κ1) is 62.3. The summed E-state index contributed by atoms with van der Waals surface area (Å²) in [6, 6.07) is -0.742. The van der Waals surface area contributed by atoms with Crippen LogP contribution in [0.3, 0.4) is 0 Å². The summed E-state index contributed by atoms with van der Waals surface area (Å²) in [5, 5.41) is 23.7. The first-order chi connectivity index (χ1) is 32.5. The Morgan fingerprint density at radius 3 is 1.27 bits per heavy atom. The van der Waals surface area contributed by atoms with Crippen LogP contribution in [-0.2, 0) is 14.3 Å². The van der Waals surface area contributed by atoms with Crippen molar-refractivity contribution in [3.05, 3.63) is 122 Å². The zero-order chi connectivity index (χ0) is 48.1. The van der Waals surface area contributed by atoms with Gasteiger partial charge in [-0.3, -0.25) is 9.59 Å². The summed E-state index contributed by atoms with van der Waals surface area (Å²) in [5.41, 5.74) is 0. The van der Waals surface area contributed by atoms with Gasteiger partial charge in [-0.05, 0) is 103 Å². The van der Waals surface area contributed by atoms with Crippen molar-refractivity contribution in [2.45, 2.75) is 238 Å². The molecule has 0 fully saturated rings. The molecule has 0 aliphatic carbocycles. The van der Waals surface area contributed by atoms with Crippen molar-refractivity contribution >= 4 is 11.9 Å². The molecule has 3 atom stereocenters. The maximum atomic E-state index is 13.2. The standard InChI is InChI=1S/C60H99NO5/c1-4-7-10-13-16-19-22-24-26-28-29-31-33-35-38-41-44-47-50-53-60(65)66-56(51-48-45-42-39-37-34-32-30-27-25-23-20-17-14-11-8-5-2)54-59(64)61-57(55-62)58(63)52-49-46-43-40-36-21-18-15-12-9-6-3/h7,10,16-17,19-20,24-27,29,31-32,34-35,38-39,42,44,47,56-58,62-63H,4-6,8-9,11-15,18,21-23,28,30,33,36-37,40-41,43,45-46,48-55H2,1-3H3,(H,61,64)/b10-7-,19-16-,20-17-,26-24-,27-25-,31-29-,34-32-,38-35-,42-39-,47-44-. The summed E-state index contributed by atoms with van der Waals surface area (Å²) in [5.74, 6) is -0.639. The summed E-state index contributed by atoms with van der Waals surface area (Å²) in [7, 11) is 0. The van der Waals surface area contributed by atoms with E-state index in [-0.39, 0.29) is 31.3 Å². The Balaban J connectivity index is 4.83. The van der Waals surface area contributed by atoms with Crippen molar-refractivity contribution in [2.24, 2.45) is 0 Å². The molecule has 0 aromatic heterocycles. The maximum Gasteiger partial charge on any atom is 0.306 e. The molecule has 6 heteroatoms. The van der Waals surface area contributed by atoms with Crippen LogP contribution >= 0.6 is 0 Å². The number of carbonyl (C=O) groups is 2. The van der Waals surface area contributed by atoms with Gasteiger partial charge in [-0.1, -0.05) is 226 Å². The highest BCUT2D eigenvalue weighted by atomic mass is 16.5. The van der Waals surface area contributed by atoms with Crippen molar-refractivity contribution < 1.29 is 24.5 Å². The SMILES string of the molecule is CC/C=C\C/C=C\C/C=C\C/C=C\C/C=C\C/C=C\CCC(=O)OC(CCC/C=C\C/C=C\C/C=C\C/C=C\CCCCC)CC(=O)NC(CO)C(O)CCCCCCCCCCCCC. The second-order valence-corrected chi connectivity index (χ2v) is 17.5. The van der Waals surface area contributed by atoms with Gasteiger partial charge in [0.2, 0.25) is 5.91 Å². The van der Waals surface area contributed by atoms with Gasteiger partial charge >= 0.3 is 5.97 Å². The monoisotopic (exact) mass is 914 g/mol. The summed E-state index contributed by atoms with van der Waals surface area (Å²) in [6.45, 7) is 6.29. The molecular formula is C60H99NO5. The third-order valence-corrected chi connectivity index (χ3v) is 11.3. The summed E-state index contributed by atoms with van der Waals surface area (Å²) in [4.78, 5) is 26.1. The Kier molecular flexibility index (Phi) is 49.3. The molecule has 0 aromatic rings. The largest absolute Gasteiger partial charge is 0.462 e. The van der Waals surface area contributed by atoms with Gasteiger partial charge in [0, 0.05) is 6.42 Å². The van der Waals surface area contributed by atoms with E-state index in [1.165, 1.54) is 77.0 Å². The fourth-order valence-corrected chi connectivity index (χ4v) is 7.27. The van der Waals surface area contributed by atoms with Crippen molar-refractivity contribution in [3.63, 3.8) is 0 Å². The van der Waals surface area contributed by atoms with Crippen LogP contribution in [-0.4, -0.2) is 46.9 Å². The number of amides is 1. The molecule has 3 N–H and O–H groups in total. The molecule has 0 aliphatic rings. The van der Waals surface area contributed by atoms with Gasteiger partial charge in [-0.2, -0.15) is 0 Å². The Morgan fingerprint density at radius 2 is 0.833 bits per heavy atom. The Morgan fingerprint density at radius 1 is 0.455 bits per heavy atom. The molecular weight excluding hydrogens is 815 g/mol. The van der Waals surface area contributed by atoms with Crippen LogP contribution < -0.4 is 5.32 Å². The molecule has 0 radical (unpaired) electrons. The average molecular weight is 914 g/mol. The normalized spacial score (nSPS) is 14.2. The van der Waals surface area contributed by atoms with Gasteiger partial charge < -0.3 is 20.3 Å². The number of rotatable bonds is 46.